The number of methoxy groups -OCH3 is 1. The van der Waals surface area contributed by atoms with Gasteiger partial charge in [0.2, 0.25) is 5.91 Å². The van der Waals surface area contributed by atoms with E-state index in [0.717, 1.165) is 35.9 Å². The highest BCUT2D eigenvalue weighted by molar-refractivity contribution is 8.00. The molecule has 0 fully saturated rings. The molecule has 1 atom stereocenters. The molecule has 2 heterocycles. The molecule has 0 saturated heterocycles. The van der Waals surface area contributed by atoms with Gasteiger partial charge in [-0.25, -0.2) is 4.98 Å². The molecule has 27 heavy (non-hydrogen) atoms. The Bertz CT molecular complexity index is 904. The molecular weight excluding hydrogens is 382 g/mol. The van der Waals surface area contributed by atoms with E-state index in [2.05, 4.69) is 11.9 Å². The van der Waals surface area contributed by atoms with Crippen molar-refractivity contribution in [3.05, 3.63) is 33.4 Å². The van der Waals surface area contributed by atoms with Crippen LogP contribution in [0.25, 0.3) is 10.2 Å². The summed E-state index contributed by atoms with van der Waals surface area (Å²) in [5.41, 5.74) is 1.19. The fraction of sp³-hybridized carbons (Fsp3) is 0.526. The molecule has 1 amide bonds. The average molecular weight is 408 g/mol. The van der Waals surface area contributed by atoms with Gasteiger partial charge in [-0.05, 0) is 38.2 Å². The first kappa shape index (κ1) is 20.1. The van der Waals surface area contributed by atoms with Gasteiger partial charge in [-0.3, -0.25) is 14.2 Å². The molecule has 2 aromatic rings. The van der Waals surface area contributed by atoms with Gasteiger partial charge < -0.3 is 10.1 Å². The quantitative estimate of drug-likeness (QED) is 0.299. The van der Waals surface area contributed by atoms with E-state index in [9.17, 15) is 9.59 Å². The molecule has 1 aliphatic rings. The van der Waals surface area contributed by atoms with Gasteiger partial charge in [-0.15, -0.1) is 17.9 Å². The van der Waals surface area contributed by atoms with E-state index in [-0.39, 0.29) is 16.7 Å². The molecule has 1 N–H and O–H groups in total. The molecule has 0 unspecified atom stereocenters. The molecule has 3 rings (SSSR count). The Morgan fingerprint density at radius 3 is 3.07 bits per heavy atom. The number of rotatable bonds is 9. The number of amides is 1. The standard InChI is InChI=1S/C19H25N3O3S2/c1-4-9-20-16(23)12(2)26-19-21-17-15(13-7-5-8-14(13)27-17)18(24)22(19)10-6-11-25-3/h4,12H,1,5-11H2,2-3H3,(H,20,23)/t12-/m0/s1. The number of hydrogen-bond donors (Lipinski definition) is 1. The first-order chi connectivity index (χ1) is 13.1. The molecule has 8 heteroatoms. The second-order valence-electron chi connectivity index (χ2n) is 6.53. The Balaban J connectivity index is 1.96. The Kier molecular flexibility index (Phi) is 6.73. The maximum Gasteiger partial charge on any atom is 0.263 e. The fourth-order valence-electron chi connectivity index (χ4n) is 3.24. The summed E-state index contributed by atoms with van der Waals surface area (Å²) in [7, 11) is 1.65. The number of carbonyl (C=O) groups is 1. The topological polar surface area (TPSA) is 73.2 Å². The number of ether oxygens (including phenoxy) is 1. The summed E-state index contributed by atoms with van der Waals surface area (Å²) >= 11 is 2.95. The van der Waals surface area contributed by atoms with Crippen molar-refractivity contribution in [2.24, 2.45) is 0 Å². The lowest BCUT2D eigenvalue weighted by Gasteiger charge is -2.15. The molecule has 0 bridgehead atoms. The van der Waals surface area contributed by atoms with Crippen LogP contribution in [0, 0.1) is 0 Å². The van der Waals surface area contributed by atoms with Gasteiger partial charge in [0.15, 0.2) is 5.16 Å². The second kappa shape index (κ2) is 9.03. The van der Waals surface area contributed by atoms with Crippen LogP contribution in [0.2, 0.25) is 0 Å². The Morgan fingerprint density at radius 2 is 2.33 bits per heavy atom. The van der Waals surface area contributed by atoms with Gasteiger partial charge >= 0.3 is 0 Å². The summed E-state index contributed by atoms with van der Waals surface area (Å²) in [6.07, 6.45) is 5.46. The maximum absolute atomic E-state index is 13.2. The number of hydrogen-bond acceptors (Lipinski definition) is 6. The predicted molar refractivity (Wildman–Crippen MR) is 111 cm³/mol. The van der Waals surface area contributed by atoms with Crippen molar-refractivity contribution in [3.8, 4) is 0 Å². The van der Waals surface area contributed by atoms with E-state index in [1.54, 1.807) is 29.1 Å². The first-order valence-electron chi connectivity index (χ1n) is 9.16. The third-order valence-corrected chi connectivity index (χ3v) is 6.87. The average Bonchev–Trinajstić information content (AvgIpc) is 3.22. The zero-order valence-corrected chi connectivity index (χ0v) is 17.4. The fourth-order valence-corrected chi connectivity index (χ4v) is 5.50. The van der Waals surface area contributed by atoms with Crippen molar-refractivity contribution in [3.63, 3.8) is 0 Å². The van der Waals surface area contributed by atoms with Crippen LogP contribution in [0.15, 0.2) is 22.6 Å². The normalized spacial score (nSPS) is 14.3. The van der Waals surface area contributed by atoms with E-state index in [1.165, 1.54) is 22.2 Å². The van der Waals surface area contributed by atoms with Crippen molar-refractivity contribution < 1.29 is 9.53 Å². The lowest BCUT2D eigenvalue weighted by atomic mass is 10.2. The summed E-state index contributed by atoms with van der Waals surface area (Å²) in [5, 5.41) is 3.82. The van der Waals surface area contributed by atoms with Gasteiger partial charge in [0.05, 0.1) is 10.6 Å². The van der Waals surface area contributed by atoms with Crippen molar-refractivity contribution in [1.82, 2.24) is 14.9 Å². The Hall–Kier alpha value is -1.64. The number of aromatic nitrogens is 2. The zero-order chi connectivity index (χ0) is 19.4. The number of carbonyl (C=O) groups excluding carboxylic acids is 1. The van der Waals surface area contributed by atoms with Gasteiger partial charge in [0.25, 0.3) is 5.56 Å². The van der Waals surface area contributed by atoms with Crippen molar-refractivity contribution in [2.75, 3.05) is 20.3 Å². The molecule has 146 valence electrons. The molecule has 0 aliphatic heterocycles. The number of nitrogens with zero attached hydrogens (tertiary/aromatic N) is 2. The minimum absolute atomic E-state index is 0.0108. The van der Waals surface area contributed by atoms with Gasteiger partial charge in [-0.1, -0.05) is 17.8 Å². The van der Waals surface area contributed by atoms with Crippen LogP contribution in [0.5, 0.6) is 0 Å². The minimum Gasteiger partial charge on any atom is -0.385 e. The first-order valence-corrected chi connectivity index (χ1v) is 10.9. The van der Waals surface area contributed by atoms with Crippen LogP contribution in [0.4, 0.5) is 0 Å². The zero-order valence-electron chi connectivity index (χ0n) is 15.7. The minimum atomic E-state index is -0.352. The predicted octanol–water partition coefficient (Wildman–Crippen LogP) is 2.77. The van der Waals surface area contributed by atoms with E-state index >= 15 is 0 Å². The highest BCUT2D eigenvalue weighted by Gasteiger charge is 2.25. The van der Waals surface area contributed by atoms with Crippen molar-refractivity contribution in [1.29, 1.82) is 0 Å². The monoisotopic (exact) mass is 407 g/mol. The molecule has 0 saturated carbocycles. The number of aryl methyl sites for hydroxylation is 2. The van der Waals surface area contributed by atoms with Crippen LogP contribution >= 0.6 is 23.1 Å². The highest BCUT2D eigenvalue weighted by Crippen LogP contribution is 2.36. The van der Waals surface area contributed by atoms with Gasteiger partial charge in [0.1, 0.15) is 4.83 Å². The third-order valence-electron chi connectivity index (χ3n) is 4.59. The van der Waals surface area contributed by atoms with E-state index < -0.39 is 0 Å². The van der Waals surface area contributed by atoms with E-state index in [0.29, 0.717) is 24.9 Å². The lowest BCUT2D eigenvalue weighted by molar-refractivity contribution is -0.120. The summed E-state index contributed by atoms with van der Waals surface area (Å²) < 4.78 is 6.86. The molecule has 6 nitrogen and oxygen atoms in total. The van der Waals surface area contributed by atoms with Gasteiger partial charge in [0, 0.05) is 31.7 Å². The number of nitrogens with one attached hydrogen (secondary N) is 1. The Labute approximate surface area is 167 Å². The number of fused-ring (bicyclic) bond motifs is 3. The number of thiophene rings is 1. The van der Waals surface area contributed by atoms with E-state index in [1.807, 2.05) is 6.92 Å². The molecular formula is C19H25N3O3S2. The van der Waals surface area contributed by atoms with Crippen LogP contribution < -0.4 is 10.9 Å². The summed E-state index contributed by atoms with van der Waals surface area (Å²) in [5.74, 6) is -0.0913. The summed E-state index contributed by atoms with van der Waals surface area (Å²) in [4.78, 5) is 32.4. The SMILES string of the molecule is C=CCNC(=O)[C@H](C)Sc1nc2sc3c(c2c(=O)n1CCCOC)CCC3. The lowest BCUT2D eigenvalue weighted by Crippen LogP contribution is -2.32. The molecule has 0 aromatic carbocycles. The molecule has 0 radical (unpaired) electrons. The Morgan fingerprint density at radius 1 is 1.52 bits per heavy atom. The summed E-state index contributed by atoms with van der Waals surface area (Å²) in [6.45, 7) is 6.97. The van der Waals surface area contributed by atoms with Crippen molar-refractivity contribution in [2.45, 2.75) is 49.6 Å². The maximum atomic E-state index is 13.2. The molecule has 2 aromatic heterocycles. The van der Waals surface area contributed by atoms with Crippen LogP contribution in [-0.4, -0.2) is 41.0 Å². The highest BCUT2D eigenvalue weighted by atomic mass is 32.2. The van der Waals surface area contributed by atoms with Crippen LogP contribution in [0.3, 0.4) is 0 Å². The second-order valence-corrected chi connectivity index (χ2v) is 8.92. The van der Waals surface area contributed by atoms with Crippen LogP contribution in [0.1, 0.15) is 30.2 Å². The van der Waals surface area contributed by atoms with E-state index in [4.69, 9.17) is 9.72 Å². The number of thioether (sulfide) groups is 1. The molecule has 1 aliphatic carbocycles. The third kappa shape index (κ3) is 4.28. The smallest absolute Gasteiger partial charge is 0.263 e. The van der Waals surface area contributed by atoms with Crippen LogP contribution in [-0.2, 0) is 28.9 Å². The van der Waals surface area contributed by atoms with Crippen molar-refractivity contribution >= 4 is 39.2 Å². The molecule has 0 spiro atoms. The summed E-state index contributed by atoms with van der Waals surface area (Å²) in [6, 6.07) is 0. The largest absolute Gasteiger partial charge is 0.385 e. The van der Waals surface area contributed by atoms with Gasteiger partial charge in [-0.2, -0.15) is 0 Å².